The Kier molecular flexibility index (Phi) is 5.35. The fourth-order valence-electron chi connectivity index (χ4n) is 3.12. The highest BCUT2D eigenvalue weighted by atomic mass is 16.5. The van der Waals surface area contributed by atoms with Gasteiger partial charge in [-0.15, -0.1) is 0 Å². The molecule has 0 bridgehead atoms. The average molecular weight is 422 g/mol. The van der Waals surface area contributed by atoms with Gasteiger partial charge in [-0.3, -0.25) is 14.4 Å². The second kappa shape index (κ2) is 8.27. The Morgan fingerprint density at radius 1 is 1.16 bits per heavy atom. The number of hydrogen-bond acceptors (Lipinski definition) is 10. The minimum atomic E-state index is -0.629. The molecule has 10 heteroatoms. The number of carbonyl (C=O) groups is 2. The summed E-state index contributed by atoms with van der Waals surface area (Å²) in [4.78, 5) is 40.2. The van der Waals surface area contributed by atoms with Gasteiger partial charge in [0.05, 0.1) is 18.1 Å². The third-order valence-electron chi connectivity index (χ3n) is 4.31. The summed E-state index contributed by atoms with van der Waals surface area (Å²) in [5, 5.41) is 7.47. The lowest BCUT2D eigenvalue weighted by molar-refractivity contribution is -0.132. The maximum absolute atomic E-state index is 13.2. The summed E-state index contributed by atoms with van der Waals surface area (Å²) in [7, 11) is 0. The molecule has 0 fully saturated rings. The van der Waals surface area contributed by atoms with Crippen molar-refractivity contribution in [3.8, 4) is 11.5 Å². The van der Waals surface area contributed by atoms with Gasteiger partial charge in [0.2, 0.25) is 11.4 Å². The zero-order chi connectivity index (χ0) is 22.0. The lowest BCUT2D eigenvalue weighted by Crippen LogP contribution is -2.30. The molecule has 2 N–H and O–H groups in total. The Labute approximate surface area is 175 Å². The number of fused-ring (bicyclic) bond motifs is 2. The molecular weight excluding hydrogens is 404 g/mol. The Bertz CT molecular complexity index is 1320. The van der Waals surface area contributed by atoms with Crippen molar-refractivity contribution in [1.29, 1.82) is 0 Å². The second-order valence-corrected chi connectivity index (χ2v) is 6.70. The predicted octanol–water partition coefficient (Wildman–Crippen LogP) is 1.68. The van der Waals surface area contributed by atoms with E-state index in [1.807, 2.05) is 0 Å². The van der Waals surface area contributed by atoms with Crippen LogP contribution in [0.3, 0.4) is 0 Å². The molecule has 2 heterocycles. The van der Waals surface area contributed by atoms with Gasteiger partial charge in [-0.25, -0.2) is 10.4 Å². The van der Waals surface area contributed by atoms with Crippen molar-refractivity contribution in [2.45, 2.75) is 13.8 Å². The van der Waals surface area contributed by atoms with E-state index in [1.165, 1.54) is 26.0 Å². The smallest absolute Gasteiger partial charge is 0.308 e. The number of hydrogen-bond donors (Lipinski definition) is 2. The number of benzene rings is 2. The monoisotopic (exact) mass is 422 g/mol. The first kappa shape index (κ1) is 20.1. The number of hydrazone groups is 1. The van der Waals surface area contributed by atoms with E-state index in [4.69, 9.17) is 13.9 Å². The SMILES string of the molecule is CC(=O)Oc1cc(OC(C)=O)c2c(=O)c3cc(/C=N/NC4=NCCN4)ccc3oc2c1. The van der Waals surface area contributed by atoms with Crippen LogP contribution < -0.4 is 25.6 Å². The van der Waals surface area contributed by atoms with Crippen LogP contribution in [0.15, 0.2) is 49.6 Å². The summed E-state index contributed by atoms with van der Waals surface area (Å²) in [5.74, 6) is -0.569. The fraction of sp³-hybridized carbons (Fsp3) is 0.190. The van der Waals surface area contributed by atoms with Crippen molar-refractivity contribution in [3.05, 3.63) is 46.1 Å². The normalized spacial score (nSPS) is 13.3. The number of esters is 2. The minimum Gasteiger partial charge on any atom is -0.456 e. The van der Waals surface area contributed by atoms with E-state index in [0.717, 1.165) is 6.54 Å². The standard InChI is InChI=1S/C21H18N4O6/c1-11(26)29-14-8-17(30-12(2)27)19-18(9-14)31-16-4-3-13(7-15(16)20(19)28)10-24-25-21-22-5-6-23-21/h3-4,7-10H,5-6H2,1-2H3,(H2,22,23,25)/b24-10+. The van der Waals surface area contributed by atoms with Gasteiger partial charge in [-0.05, 0) is 23.8 Å². The van der Waals surface area contributed by atoms with Crippen LogP contribution in [0.4, 0.5) is 0 Å². The number of guanidine groups is 1. The minimum absolute atomic E-state index is 0.0528. The molecule has 1 aliphatic heterocycles. The molecule has 0 saturated heterocycles. The summed E-state index contributed by atoms with van der Waals surface area (Å²) < 4.78 is 16.1. The number of aliphatic imine (C=N–C) groups is 1. The highest BCUT2D eigenvalue weighted by Crippen LogP contribution is 2.32. The van der Waals surface area contributed by atoms with Gasteiger partial charge in [0.25, 0.3) is 0 Å². The molecular formula is C21H18N4O6. The molecule has 0 saturated carbocycles. The predicted molar refractivity (Wildman–Crippen MR) is 114 cm³/mol. The summed E-state index contributed by atoms with van der Waals surface area (Å²) in [6.45, 7) is 3.88. The van der Waals surface area contributed by atoms with E-state index in [2.05, 4.69) is 20.8 Å². The van der Waals surface area contributed by atoms with E-state index in [9.17, 15) is 14.4 Å². The van der Waals surface area contributed by atoms with Crippen LogP contribution in [0.1, 0.15) is 19.4 Å². The van der Waals surface area contributed by atoms with E-state index >= 15 is 0 Å². The molecule has 4 rings (SSSR count). The zero-order valence-corrected chi connectivity index (χ0v) is 16.7. The first-order valence-corrected chi connectivity index (χ1v) is 9.39. The summed E-state index contributed by atoms with van der Waals surface area (Å²) in [6.07, 6.45) is 1.54. The maximum Gasteiger partial charge on any atom is 0.308 e. The lowest BCUT2D eigenvalue weighted by Gasteiger charge is -2.10. The molecule has 0 radical (unpaired) electrons. The molecule has 0 unspecified atom stereocenters. The zero-order valence-electron chi connectivity index (χ0n) is 16.7. The van der Waals surface area contributed by atoms with E-state index in [-0.39, 0.29) is 27.9 Å². The molecule has 0 amide bonds. The summed E-state index contributed by atoms with van der Waals surface area (Å²) in [5.41, 5.74) is 3.48. The van der Waals surface area contributed by atoms with Gasteiger partial charge >= 0.3 is 11.9 Å². The largest absolute Gasteiger partial charge is 0.456 e. The van der Waals surface area contributed by atoms with Crippen LogP contribution in [0.2, 0.25) is 0 Å². The lowest BCUT2D eigenvalue weighted by atomic mass is 10.1. The molecule has 10 nitrogen and oxygen atoms in total. The van der Waals surface area contributed by atoms with Crippen LogP contribution in [-0.2, 0) is 9.59 Å². The maximum atomic E-state index is 13.2. The highest BCUT2D eigenvalue weighted by molar-refractivity contribution is 5.97. The van der Waals surface area contributed by atoms with Gasteiger partial charge < -0.3 is 19.2 Å². The third kappa shape index (κ3) is 4.37. The van der Waals surface area contributed by atoms with Crippen molar-refractivity contribution < 1.29 is 23.5 Å². The van der Waals surface area contributed by atoms with Gasteiger partial charge in [-0.1, -0.05) is 0 Å². The summed E-state index contributed by atoms with van der Waals surface area (Å²) in [6, 6.07) is 7.69. The molecule has 31 heavy (non-hydrogen) atoms. The van der Waals surface area contributed by atoms with Gasteiger partial charge in [0, 0.05) is 32.5 Å². The van der Waals surface area contributed by atoms with Crippen molar-refractivity contribution >= 4 is 46.1 Å². The average Bonchev–Trinajstić information content (AvgIpc) is 3.21. The Morgan fingerprint density at radius 2 is 1.97 bits per heavy atom. The van der Waals surface area contributed by atoms with Crippen LogP contribution in [0.5, 0.6) is 11.5 Å². The summed E-state index contributed by atoms with van der Waals surface area (Å²) >= 11 is 0. The molecule has 0 atom stereocenters. The Hall–Kier alpha value is -4.21. The molecule has 158 valence electrons. The fourth-order valence-corrected chi connectivity index (χ4v) is 3.12. The Balaban J connectivity index is 1.80. The van der Waals surface area contributed by atoms with Crippen molar-refractivity contribution in [2.75, 3.05) is 13.1 Å². The third-order valence-corrected chi connectivity index (χ3v) is 4.31. The van der Waals surface area contributed by atoms with Crippen LogP contribution >= 0.6 is 0 Å². The van der Waals surface area contributed by atoms with Gasteiger partial charge in [0.15, 0.2) is 0 Å². The van der Waals surface area contributed by atoms with E-state index in [0.29, 0.717) is 23.7 Å². The molecule has 2 aromatic carbocycles. The number of ether oxygens (including phenoxy) is 2. The first-order valence-electron chi connectivity index (χ1n) is 9.39. The molecule has 3 aromatic rings. The van der Waals surface area contributed by atoms with Gasteiger partial charge in [-0.2, -0.15) is 5.10 Å². The molecule has 0 spiro atoms. The van der Waals surface area contributed by atoms with Crippen LogP contribution in [0.25, 0.3) is 21.9 Å². The second-order valence-electron chi connectivity index (χ2n) is 6.70. The Morgan fingerprint density at radius 3 is 2.68 bits per heavy atom. The quantitative estimate of drug-likeness (QED) is 0.213. The number of nitrogens with one attached hydrogen (secondary N) is 2. The molecule has 1 aromatic heterocycles. The van der Waals surface area contributed by atoms with Crippen molar-refractivity contribution in [2.24, 2.45) is 10.1 Å². The number of nitrogens with zero attached hydrogens (tertiary/aromatic N) is 2. The van der Waals surface area contributed by atoms with Gasteiger partial charge in [0.1, 0.15) is 28.1 Å². The highest BCUT2D eigenvalue weighted by Gasteiger charge is 2.17. The van der Waals surface area contributed by atoms with Crippen molar-refractivity contribution in [3.63, 3.8) is 0 Å². The molecule has 0 aliphatic carbocycles. The molecule has 1 aliphatic rings. The topological polar surface area (TPSA) is 132 Å². The number of carbonyl (C=O) groups excluding carboxylic acids is 2. The number of rotatable bonds is 4. The first-order chi connectivity index (χ1) is 14.9. The van der Waals surface area contributed by atoms with Crippen LogP contribution in [-0.4, -0.2) is 37.2 Å². The van der Waals surface area contributed by atoms with E-state index < -0.39 is 17.4 Å². The van der Waals surface area contributed by atoms with E-state index in [1.54, 1.807) is 24.4 Å². The van der Waals surface area contributed by atoms with Crippen molar-refractivity contribution in [1.82, 2.24) is 10.7 Å². The van der Waals surface area contributed by atoms with Crippen LogP contribution in [0, 0.1) is 0 Å².